The molecule has 0 aliphatic heterocycles. The van der Waals surface area contributed by atoms with E-state index in [4.69, 9.17) is 0 Å². The maximum absolute atomic E-state index is 11.0. The second-order valence-electron chi connectivity index (χ2n) is 28.9. The second kappa shape index (κ2) is 81.7. The zero-order valence-electron chi connectivity index (χ0n) is 62.3. The molecule has 2 atom stereocenters. The van der Waals surface area contributed by atoms with E-state index in [9.17, 15) is 25.9 Å². The molecule has 544 valence electrons. The van der Waals surface area contributed by atoms with Crippen molar-refractivity contribution in [1.29, 1.82) is 0 Å². The minimum atomic E-state index is -4.59. The summed E-state index contributed by atoms with van der Waals surface area (Å²) in [5.74, 6) is 0.392. The van der Waals surface area contributed by atoms with Crippen LogP contribution in [0.4, 0.5) is 0 Å². The smallest absolute Gasteiger partial charge is 0.726 e. The van der Waals surface area contributed by atoms with Gasteiger partial charge in [-0.25, -0.2) is 16.8 Å². The van der Waals surface area contributed by atoms with Gasteiger partial charge < -0.3 is 9.11 Å². The molecule has 0 rings (SSSR count). The van der Waals surface area contributed by atoms with Gasteiger partial charge in [-0.3, -0.25) is 8.37 Å². The summed E-state index contributed by atoms with van der Waals surface area (Å²) in [6.45, 7) is 9.28. The third-order valence-corrected chi connectivity index (χ3v) is 20.6. The van der Waals surface area contributed by atoms with Gasteiger partial charge in [-0.2, -0.15) is 0 Å². The minimum Gasteiger partial charge on any atom is -0.726 e. The molecule has 0 saturated heterocycles. The maximum atomic E-state index is 11.0. The Hall–Kier alpha value is 1.000. The van der Waals surface area contributed by atoms with Crippen molar-refractivity contribution in [2.24, 2.45) is 11.8 Å². The van der Waals surface area contributed by atoms with Crippen molar-refractivity contribution < 1.29 is 34.3 Å². The van der Waals surface area contributed by atoms with Crippen molar-refractivity contribution >= 4 is 58.5 Å². The van der Waals surface area contributed by atoms with Crippen LogP contribution >= 0.6 is 0 Å². The van der Waals surface area contributed by atoms with Gasteiger partial charge in [0.1, 0.15) is 0 Å². The van der Waals surface area contributed by atoms with E-state index in [2.05, 4.69) is 36.1 Å². The van der Waals surface area contributed by atoms with Crippen LogP contribution in [0, 0.1) is 11.8 Å². The molecule has 0 radical (unpaired) electrons. The summed E-state index contributed by atoms with van der Waals surface area (Å²) in [5, 5.41) is 0. The van der Waals surface area contributed by atoms with Crippen LogP contribution in [0.5, 0.6) is 0 Å². The topological polar surface area (TPSA) is 133 Å². The molecule has 0 aliphatic rings. The molecule has 11 heteroatoms. The first-order chi connectivity index (χ1) is 44.0. The Balaban J connectivity index is -0.00000168. The van der Waals surface area contributed by atoms with E-state index in [1.807, 2.05) is 0 Å². The molecule has 0 aliphatic carbocycles. The fraction of sp³-hybridized carbons (Fsp3) is 1.00. The van der Waals surface area contributed by atoms with Crippen LogP contribution in [-0.2, 0) is 29.2 Å². The van der Waals surface area contributed by atoms with Crippen LogP contribution in [0.3, 0.4) is 0 Å². The molecule has 0 amide bonds. The van der Waals surface area contributed by atoms with Crippen LogP contribution in [0.15, 0.2) is 0 Å². The summed E-state index contributed by atoms with van der Waals surface area (Å²) in [4.78, 5) is 0. The SMILES string of the molecule is CCCCCCCCCCCCCCCCCCCCCCC(CCCCCCCCCCCCCCCC)COS(=O)(=O)[O-].CCCCCCCCCCCCCCCCCCCCCCC(CCCCCCCCCCCCCCCC)COS(=O)(=O)[O-].[Ca+2]. The van der Waals surface area contributed by atoms with E-state index in [-0.39, 0.29) is 62.8 Å². The van der Waals surface area contributed by atoms with Gasteiger partial charge in [0.15, 0.2) is 0 Å². The number of rotatable bonds is 78. The Morgan fingerprint density at radius 1 is 0.198 bits per heavy atom. The van der Waals surface area contributed by atoms with E-state index in [0.717, 1.165) is 51.4 Å². The molecule has 2 unspecified atom stereocenters. The average molecular weight is 1360 g/mol. The van der Waals surface area contributed by atoms with Crippen LogP contribution in [0.25, 0.3) is 0 Å². The first-order valence-electron chi connectivity index (χ1n) is 41.2. The van der Waals surface area contributed by atoms with Gasteiger partial charge in [0.2, 0.25) is 20.8 Å². The Bertz CT molecular complexity index is 1420. The van der Waals surface area contributed by atoms with Crippen molar-refractivity contribution in [1.82, 2.24) is 0 Å². The van der Waals surface area contributed by atoms with E-state index < -0.39 is 20.8 Å². The fourth-order valence-corrected chi connectivity index (χ4v) is 14.3. The Morgan fingerprint density at radius 2 is 0.297 bits per heavy atom. The summed E-state index contributed by atoms with van der Waals surface area (Å²) in [5.41, 5.74) is 0. The number of hydrogen-bond donors (Lipinski definition) is 0. The van der Waals surface area contributed by atoms with Crippen molar-refractivity contribution in [2.75, 3.05) is 13.2 Å². The van der Waals surface area contributed by atoms with Gasteiger partial charge in [-0.05, 0) is 37.5 Å². The van der Waals surface area contributed by atoms with Gasteiger partial charge in [0, 0.05) is 0 Å². The molecule has 0 aromatic heterocycles. The molecule has 0 aromatic rings. The molecule has 0 heterocycles. The third kappa shape index (κ3) is 91.0. The van der Waals surface area contributed by atoms with Crippen molar-refractivity contribution in [2.45, 2.75) is 490 Å². The number of hydrogen-bond acceptors (Lipinski definition) is 8. The zero-order chi connectivity index (χ0) is 65.9. The predicted octanol–water partition coefficient (Wildman–Crippen LogP) is 27.9. The standard InChI is InChI=1S/2C40H82O4S.Ca/c2*1-3-5-7-9-11-13-15-17-19-20-21-22-23-24-26-28-30-32-34-36-38-40(39-44-45(41,42)43)37-35-33-31-29-27-25-18-16-14-12-10-8-6-4-2;/h2*40H,3-39H2,1-2H3,(H,41,42,43);/q;;+2/p-2. The molecule has 0 N–H and O–H groups in total. The molecular weight excluding hydrogens is 1190 g/mol. The fourth-order valence-electron chi connectivity index (χ4n) is 13.6. The molecule has 0 aromatic carbocycles. The van der Waals surface area contributed by atoms with Gasteiger partial charge in [0.05, 0.1) is 13.2 Å². The minimum absolute atomic E-state index is 0. The zero-order valence-corrected chi connectivity index (χ0v) is 66.1. The summed E-state index contributed by atoms with van der Waals surface area (Å²) in [6.07, 6.45) is 96.6. The van der Waals surface area contributed by atoms with Crippen LogP contribution in [-0.4, -0.2) is 76.9 Å². The van der Waals surface area contributed by atoms with Crippen LogP contribution < -0.4 is 0 Å². The van der Waals surface area contributed by atoms with Gasteiger partial charge in [-0.1, -0.05) is 464 Å². The van der Waals surface area contributed by atoms with Gasteiger partial charge in [0.25, 0.3) is 0 Å². The monoisotopic (exact) mass is 1360 g/mol. The molecule has 0 bridgehead atoms. The molecule has 8 nitrogen and oxygen atoms in total. The summed E-state index contributed by atoms with van der Waals surface area (Å²) in [6, 6.07) is 0. The van der Waals surface area contributed by atoms with E-state index in [0.29, 0.717) is 0 Å². The van der Waals surface area contributed by atoms with E-state index in [1.165, 1.54) is 411 Å². The Morgan fingerprint density at radius 3 is 0.396 bits per heavy atom. The first-order valence-corrected chi connectivity index (χ1v) is 43.9. The Labute approximate surface area is 603 Å². The van der Waals surface area contributed by atoms with Crippen LogP contribution in [0.1, 0.15) is 490 Å². The average Bonchev–Trinajstić information content (AvgIpc) is 3.57. The molecule has 0 spiro atoms. The first kappa shape index (κ1) is 96.2. The van der Waals surface area contributed by atoms with Crippen molar-refractivity contribution in [3.8, 4) is 0 Å². The summed E-state index contributed by atoms with van der Waals surface area (Å²) >= 11 is 0. The molecular formula is C80H162CaO8S2. The molecule has 0 saturated carbocycles. The normalized spacial score (nSPS) is 12.5. The van der Waals surface area contributed by atoms with E-state index in [1.54, 1.807) is 0 Å². The number of unbranched alkanes of at least 4 members (excludes halogenated alkanes) is 64. The largest absolute Gasteiger partial charge is 2.00 e. The van der Waals surface area contributed by atoms with Gasteiger partial charge in [-0.15, -0.1) is 0 Å². The third-order valence-electron chi connectivity index (χ3n) is 19.8. The van der Waals surface area contributed by atoms with Crippen molar-refractivity contribution in [3.05, 3.63) is 0 Å². The van der Waals surface area contributed by atoms with E-state index >= 15 is 0 Å². The van der Waals surface area contributed by atoms with Gasteiger partial charge >= 0.3 is 37.7 Å². The molecule has 91 heavy (non-hydrogen) atoms. The quantitative estimate of drug-likeness (QED) is 0.0254. The Kier molecular flexibility index (Phi) is 86.3. The summed E-state index contributed by atoms with van der Waals surface area (Å²) < 4.78 is 75.4. The maximum Gasteiger partial charge on any atom is 2.00 e. The van der Waals surface area contributed by atoms with Crippen LogP contribution in [0.2, 0.25) is 0 Å². The second-order valence-corrected chi connectivity index (χ2v) is 31.0. The predicted molar refractivity (Wildman–Crippen MR) is 399 cm³/mol. The van der Waals surface area contributed by atoms with Crippen molar-refractivity contribution in [3.63, 3.8) is 0 Å². The molecule has 0 fully saturated rings. The summed E-state index contributed by atoms with van der Waals surface area (Å²) in [7, 11) is -9.18.